The van der Waals surface area contributed by atoms with Crippen molar-refractivity contribution in [3.63, 3.8) is 0 Å². The fourth-order valence-electron chi connectivity index (χ4n) is 3.01. The van der Waals surface area contributed by atoms with Gasteiger partial charge in [0.15, 0.2) is 0 Å². The first kappa shape index (κ1) is 12.3. The van der Waals surface area contributed by atoms with Crippen LogP contribution in [0.25, 0.3) is 0 Å². The summed E-state index contributed by atoms with van der Waals surface area (Å²) in [6.45, 7) is 9.00. The van der Waals surface area contributed by atoms with Gasteiger partial charge in [-0.25, -0.2) is 0 Å². The standard InChI is InChI=1S/C13H22N4/c1-12(2)8-10(9-13(3,4)17-12)15-11-6-5-7-14-16-11/h5-7,10,17H,8-9H2,1-4H3,(H,15,16). The molecule has 1 aliphatic rings. The second-order valence-corrected chi connectivity index (χ2v) is 6.25. The Labute approximate surface area is 103 Å². The smallest absolute Gasteiger partial charge is 0.148 e. The van der Waals surface area contributed by atoms with Crippen molar-refractivity contribution >= 4 is 5.82 Å². The lowest BCUT2D eigenvalue weighted by Gasteiger charge is -2.46. The molecule has 94 valence electrons. The Morgan fingerprint density at radius 2 is 1.88 bits per heavy atom. The Bertz CT molecular complexity index is 356. The van der Waals surface area contributed by atoms with Gasteiger partial charge in [0.25, 0.3) is 0 Å². The van der Waals surface area contributed by atoms with Crippen LogP contribution >= 0.6 is 0 Å². The first-order valence-electron chi connectivity index (χ1n) is 6.20. The molecule has 1 saturated heterocycles. The Balaban J connectivity index is 2.06. The lowest BCUT2D eigenvalue weighted by Crippen LogP contribution is -2.60. The maximum atomic E-state index is 4.09. The van der Waals surface area contributed by atoms with Crippen molar-refractivity contribution in [3.8, 4) is 0 Å². The predicted molar refractivity (Wildman–Crippen MR) is 70.0 cm³/mol. The number of piperidine rings is 1. The van der Waals surface area contributed by atoms with Crippen LogP contribution in [-0.4, -0.2) is 27.3 Å². The molecule has 0 spiro atoms. The summed E-state index contributed by atoms with van der Waals surface area (Å²) in [7, 11) is 0. The molecule has 0 radical (unpaired) electrons. The molecule has 0 amide bonds. The van der Waals surface area contributed by atoms with Gasteiger partial charge in [0.2, 0.25) is 0 Å². The number of nitrogens with one attached hydrogen (secondary N) is 2. The van der Waals surface area contributed by atoms with Crippen LogP contribution in [0.4, 0.5) is 5.82 Å². The van der Waals surface area contributed by atoms with Gasteiger partial charge >= 0.3 is 0 Å². The molecule has 0 aliphatic carbocycles. The van der Waals surface area contributed by atoms with Gasteiger partial charge < -0.3 is 10.6 Å². The summed E-state index contributed by atoms with van der Waals surface area (Å²) in [4.78, 5) is 0. The Morgan fingerprint density at radius 1 is 1.24 bits per heavy atom. The SMILES string of the molecule is CC1(C)CC(Nc2cccnn2)CC(C)(C)N1. The van der Waals surface area contributed by atoms with E-state index in [0.29, 0.717) is 6.04 Å². The van der Waals surface area contributed by atoms with Gasteiger partial charge in [0.1, 0.15) is 5.82 Å². The van der Waals surface area contributed by atoms with Crippen LogP contribution in [0.1, 0.15) is 40.5 Å². The zero-order valence-corrected chi connectivity index (χ0v) is 11.1. The average Bonchev–Trinajstić information content (AvgIpc) is 2.13. The zero-order chi connectivity index (χ0) is 12.5. The molecule has 2 N–H and O–H groups in total. The van der Waals surface area contributed by atoms with E-state index in [1.54, 1.807) is 6.20 Å². The summed E-state index contributed by atoms with van der Waals surface area (Å²) >= 11 is 0. The first-order valence-corrected chi connectivity index (χ1v) is 6.20. The first-order chi connectivity index (χ1) is 7.86. The molecule has 1 aliphatic heterocycles. The van der Waals surface area contributed by atoms with Gasteiger partial charge in [-0.2, -0.15) is 5.10 Å². The van der Waals surface area contributed by atoms with Crippen LogP contribution in [0.15, 0.2) is 18.3 Å². The number of hydrogen-bond acceptors (Lipinski definition) is 4. The topological polar surface area (TPSA) is 49.8 Å². The van der Waals surface area contributed by atoms with Crippen molar-refractivity contribution < 1.29 is 0 Å². The van der Waals surface area contributed by atoms with Crippen molar-refractivity contribution in [2.24, 2.45) is 0 Å². The highest BCUT2D eigenvalue weighted by Gasteiger charge is 2.37. The Kier molecular flexibility index (Phi) is 3.08. The van der Waals surface area contributed by atoms with Crippen LogP contribution in [0.5, 0.6) is 0 Å². The summed E-state index contributed by atoms with van der Waals surface area (Å²) in [5.41, 5.74) is 0.309. The highest BCUT2D eigenvalue weighted by molar-refractivity contribution is 5.33. The van der Waals surface area contributed by atoms with Crippen LogP contribution in [-0.2, 0) is 0 Å². The molecule has 1 aromatic heterocycles. The second kappa shape index (κ2) is 4.26. The fraction of sp³-hybridized carbons (Fsp3) is 0.692. The third kappa shape index (κ3) is 3.40. The van der Waals surface area contributed by atoms with Gasteiger partial charge in [-0.1, -0.05) is 0 Å². The number of hydrogen-bond donors (Lipinski definition) is 2. The monoisotopic (exact) mass is 234 g/mol. The predicted octanol–water partition coefficient (Wildman–Crippen LogP) is 2.20. The lowest BCUT2D eigenvalue weighted by atomic mass is 9.79. The average molecular weight is 234 g/mol. The minimum absolute atomic E-state index is 0.154. The van der Waals surface area contributed by atoms with Crippen molar-refractivity contribution in [2.45, 2.75) is 57.7 Å². The maximum absolute atomic E-state index is 4.09. The van der Waals surface area contributed by atoms with Gasteiger partial charge in [-0.15, -0.1) is 5.10 Å². The summed E-state index contributed by atoms with van der Waals surface area (Å²) < 4.78 is 0. The molecule has 17 heavy (non-hydrogen) atoms. The van der Waals surface area contributed by atoms with Crippen molar-refractivity contribution in [3.05, 3.63) is 18.3 Å². The molecule has 0 unspecified atom stereocenters. The highest BCUT2D eigenvalue weighted by atomic mass is 15.2. The minimum Gasteiger partial charge on any atom is -0.366 e. The van der Waals surface area contributed by atoms with E-state index in [1.807, 2.05) is 12.1 Å². The molecular weight excluding hydrogens is 212 g/mol. The molecule has 4 heteroatoms. The van der Waals surface area contributed by atoms with Gasteiger partial charge in [0, 0.05) is 23.3 Å². The quantitative estimate of drug-likeness (QED) is 0.823. The third-order valence-electron chi connectivity index (χ3n) is 3.11. The second-order valence-electron chi connectivity index (χ2n) is 6.25. The number of rotatable bonds is 2. The van der Waals surface area contributed by atoms with Crippen molar-refractivity contribution in [1.29, 1.82) is 0 Å². The van der Waals surface area contributed by atoms with E-state index in [2.05, 4.69) is 48.5 Å². The molecule has 0 bridgehead atoms. The Morgan fingerprint density at radius 3 is 2.41 bits per heavy atom. The summed E-state index contributed by atoms with van der Waals surface area (Å²) in [5, 5.41) is 15.1. The van der Waals surface area contributed by atoms with E-state index in [0.717, 1.165) is 18.7 Å². The van der Waals surface area contributed by atoms with Crippen LogP contribution < -0.4 is 10.6 Å². The van der Waals surface area contributed by atoms with Crippen LogP contribution in [0, 0.1) is 0 Å². The minimum atomic E-state index is 0.154. The molecule has 2 rings (SSSR count). The summed E-state index contributed by atoms with van der Waals surface area (Å²) in [6.07, 6.45) is 3.88. The van der Waals surface area contributed by atoms with E-state index in [1.165, 1.54) is 0 Å². The van der Waals surface area contributed by atoms with E-state index in [4.69, 9.17) is 0 Å². The fourth-order valence-corrected chi connectivity index (χ4v) is 3.01. The Hall–Kier alpha value is -1.16. The zero-order valence-electron chi connectivity index (χ0n) is 11.1. The van der Waals surface area contributed by atoms with Gasteiger partial charge in [0.05, 0.1) is 0 Å². The summed E-state index contributed by atoms with van der Waals surface area (Å²) in [6, 6.07) is 4.32. The van der Waals surface area contributed by atoms with Gasteiger partial charge in [-0.05, 0) is 52.7 Å². The highest BCUT2D eigenvalue weighted by Crippen LogP contribution is 2.29. The molecule has 1 aromatic rings. The van der Waals surface area contributed by atoms with Crippen molar-refractivity contribution in [1.82, 2.24) is 15.5 Å². The van der Waals surface area contributed by atoms with Crippen LogP contribution in [0.2, 0.25) is 0 Å². The molecule has 4 nitrogen and oxygen atoms in total. The van der Waals surface area contributed by atoms with E-state index in [-0.39, 0.29) is 11.1 Å². The number of aromatic nitrogens is 2. The molecule has 0 saturated carbocycles. The molecule has 0 atom stereocenters. The number of anilines is 1. The lowest BCUT2D eigenvalue weighted by molar-refractivity contribution is 0.170. The molecule has 1 fully saturated rings. The number of nitrogens with zero attached hydrogens (tertiary/aromatic N) is 2. The van der Waals surface area contributed by atoms with E-state index >= 15 is 0 Å². The maximum Gasteiger partial charge on any atom is 0.148 e. The molecule has 0 aromatic carbocycles. The van der Waals surface area contributed by atoms with Gasteiger partial charge in [-0.3, -0.25) is 0 Å². The largest absolute Gasteiger partial charge is 0.366 e. The molecule has 2 heterocycles. The van der Waals surface area contributed by atoms with Crippen molar-refractivity contribution in [2.75, 3.05) is 5.32 Å². The summed E-state index contributed by atoms with van der Waals surface area (Å²) in [5.74, 6) is 0.867. The normalized spacial score (nSPS) is 23.3. The van der Waals surface area contributed by atoms with E-state index in [9.17, 15) is 0 Å². The third-order valence-corrected chi connectivity index (χ3v) is 3.11. The van der Waals surface area contributed by atoms with E-state index < -0.39 is 0 Å². The van der Waals surface area contributed by atoms with Crippen LogP contribution in [0.3, 0.4) is 0 Å². The molecular formula is C13H22N4.